The van der Waals surface area contributed by atoms with Gasteiger partial charge < -0.3 is 16.0 Å². The molecule has 0 radical (unpaired) electrons. The predicted molar refractivity (Wildman–Crippen MR) is 134 cm³/mol. The summed E-state index contributed by atoms with van der Waals surface area (Å²) >= 11 is 0. The molecule has 2 aliphatic carbocycles. The van der Waals surface area contributed by atoms with Crippen LogP contribution in [0.3, 0.4) is 0 Å². The van der Waals surface area contributed by atoms with E-state index < -0.39 is 0 Å². The monoisotopic (exact) mass is 520 g/mol. The van der Waals surface area contributed by atoms with Crippen molar-refractivity contribution in [2.75, 3.05) is 6.54 Å². The molecular weight excluding hydrogens is 487 g/mol. The summed E-state index contributed by atoms with van der Waals surface area (Å²) < 4.78 is 0. The van der Waals surface area contributed by atoms with Gasteiger partial charge in [0.15, 0.2) is 5.96 Å². The highest BCUT2D eigenvalue weighted by atomic mass is 127. The zero-order valence-corrected chi connectivity index (χ0v) is 20.0. The maximum atomic E-state index is 12.4. The number of hydrogen-bond donors (Lipinski definition) is 3. The quantitative estimate of drug-likeness (QED) is 0.302. The maximum absolute atomic E-state index is 12.4. The zero-order valence-electron chi connectivity index (χ0n) is 17.7. The van der Waals surface area contributed by atoms with E-state index in [4.69, 9.17) is 4.99 Å². The third-order valence-corrected chi connectivity index (χ3v) is 5.89. The van der Waals surface area contributed by atoms with Crippen molar-refractivity contribution in [3.63, 3.8) is 0 Å². The highest BCUT2D eigenvalue weighted by Gasteiger charge is 2.31. The van der Waals surface area contributed by atoms with Crippen molar-refractivity contribution in [1.82, 2.24) is 16.0 Å². The second kappa shape index (κ2) is 11.0. The van der Waals surface area contributed by atoms with E-state index in [0.29, 0.717) is 18.6 Å². The molecule has 1 amide bonds. The summed E-state index contributed by atoms with van der Waals surface area (Å²) in [7, 11) is 0. The Kier molecular flexibility index (Phi) is 8.36. The van der Waals surface area contributed by atoms with Crippen LogP contribution in [-0.4, -0.2) is 30.5 Å². The standard InChI is InChI=1S/C24H32N4O.HI/c1-2-25-24(26-16-17-10-11-18-6-3-4-7-19(18)14-17)28-22-9-5-8-20(15-22)23(29)27-21-12-13-21;/h3-4,6-7,10-11,14,20-22H,2,5,8-9,12-13,15-16H2,1H3,(H,27,29)(H2,25,26,28);1H. The van der Waals surface area contributed by atoms with Gasteiger partial charge in [-0.2, -0.15) is 0 Å². The van der Waals surface area contributed by atoms with Crippen LogP contribution in [0.1, 0.15) is 51.0 Å². The Hall–Kier alpha value is -1.83. The van der Waals surface area contributed by atoms with E-state index in [1.165, 1.54) is 16.3 Å². The molecule has 0 aliphatic heterocycles. The van der Waals surface area contributed by atoms with Crippen LogP contribution in [0, 0.1) is 5.92 Å². The van der Waals surface area contributed by atoms with Crippen molar-refractivity contribution in [3.05, 3.63) is 48.0 Å². The van der Waals surface area contributed by atoms with Crippen molar-refractivity contribution in [3.8, 4) is 0 Å². The summed E-state index contributed by atoms with van der Waals surface area (Å²) in [4.78, 5) is 17.2. The van der Waals surface area contributed by atoms with E-state index in [1.54, 1.807) is 0 Å². The number of nitrogens with one attached hydrogen (secondary N) is 3. The van der Waals surface area contributed by atoms with Gasteiger partial charge in [0.2, 0.25) is 5.91 Å². The number of benzene rings is 2. The average molecular weight is 520 g/mol. The number of hydrogen-bond acceptors (Lipinski definition) is 2. The molecule has 0 bridgehead atoms. The summed E-state index contributed by atoms with van der Waals surface area (Å²) in [6, 6.07) is 15.7. The van der Waals surface area contributed by atoms with Crippen molar-refractivity contribution < 1.29 is 4.79 Å². The average Bonchev–Trinajstić information content (AvgIpc) is 3.56. The first-order valence-electron chi connectivity index (χ1n) is 11.0. The first-order chi connectivity index (χ1) is 14.2. The van der Waals surface area contributed by atoms with Crippen LogP contribution in [0.15, 0.2) is 47.5 Å². The number of guanidine groups is 1. The molecule has 0 heterocycles. The molecular formula is C24H33IN4O. The summed E-state index contributed by atoms with van der Waals surface area (Å²) in [5, 5.41) is 12.6. The lowest BCUT2D eigenvalue weighted by atomic mass is 9.85. The molecule has 2 saturated carbocycles. The predicted octanol–water partition coefficient (Wildman–Crippen LogP) is 4.35. The molecule has 2 atom stereocenters. The minimum absolute atomic E-state index is 0. The Balaban J connectivity index is 0.00000256. The Morgan fingerprint density at radius 3 is 2.57 bits per heavy atom. The first kappa shape index (κ1) is 22.8. The first-order valence-corrected chi connectivity index (χ1v) is 11.0. The van der Waals surface area contributed by atoms with Gasteiger partial charge in [-0.15, -0.1) is 24.0 Å². The van der Waals surface area contributed by atoms with Gasteiger partial charge in [0.05, 0.1) is 6.54 Å². The van der Waals surface area contributed by atoms with E-state index in [2.05, 4.69) is 65.3 Å². The SMILES string of the molecule is CCNC(=NCc1ccc2ccccc2c1)NC1CCCC(C(=O)NC2CC2)C1.I. The van der Waals surface area contributed by atoms with Gasteiger partial charge >= 0.3 is 0 Å². The van der Waals surface area contributed by atoms with Gasteiger partial charge in [-0.05, 0) is 61.4 Å². The second-order valence-electron chi connectivity index (χ2n) is 8.36. The Labute approximate surface area is 196 Å². The maximum Gasteiger partial charge on any atom is 0.223 e. The van der Waals surface area contributed by atoms with Crippen molar-refractivity contribution in [2.45, 2.75) is 64.1 Å². The molecule has 30 heavy (non-hydrogen) atoms. The summed E-state index contributed by atoms with van der Waals surface area (Å²) in [6.07, 6.45) is 6.36. The Bertz CT molecular complexity index is 880. The highest BCUT2D eigenvalue weighted by Crippen LogP contribution is 2.26. The molecule has 0 spiro atoms. The van der Waals surface area contributed by atoms with Gasteiger partial charge in [-0.25, -0.2) is 4.99 Å². The number of halogens is 1. The zero-order chi connectivity index (χ0) is 20.1. The summed E-state index contributed by atoms with van der Waals surface area (Å²) in [5.74, 6) is 1.22. The molecule has 0 saturated heterocycles. The molecule has 2 aromatic carbocycles. The highest BCUT2D eigenvalue weighted by molar-refractivity contribution is 14.0. The lowest BCUT2D eigenvalue weighted by molar-refractivity contribution is -0.126. The minimum Gasteiger partial charge on any atom is -0.357 e. The molecule has 0 aromatic heterocycles. The number of carbonyl (C=O) groups is 1. The second-order valence-corrected chi connectivity index (χ2v) is 8.36. The number of aliphatic imine (C=N–C) groups is 1. The summed E-state index contributed by atoms with van der Waals surface area (Å²) in [5.41, 5.74) is 1.20. The van der Waals surface area contributed by atoms with Crippen LogP contribution in [0.4, 0.5) is 0 Å². The lowest BCUT2D eigenvalue weighted by Crippen LogP contribution is -2.47. The van der Waals surface area contributed by atoms with Crippen LogP contribution in [0.2, 0.25) is 0 Å². The molecule has 162 valence electrons. The van der Waals surface area contributed by atoms with Crippen molar-refractivity contribution in [1.29, 1.82) is 0 Å². The van der Waals surface area contributed by atoms with Gasteiger partial charge in [0.25, 0.3) is 0 Å². The van der Waals surface area contributed by atoms with Crippen LogP contribution in [-0.2, 0) is 11.3 Å². The smallest absolute Gasteiger partial charge is 0.223 e. The van der Waals surface area contributed by atoms with Gasteiger partial charge in [-0.3, -0.25) is 4.79 Å². The lowest BCUT2D eigenvalue weighted by Gasteiger charge is -2.30. The van der Waals surface area contributed by atoms with E-state index in [9.17, 15) is 4.79 Å². The van der Waals surface area contributed by atoms with Crippen LogP contribution >= 0.6 is 24.0 Å². The molecule has 2 unspecified atom stereocenters. The number of rotatable bonds is 6. The fourth-order valence-corrected chi connectivity index (χ4v) is 4.13. The Morgan fingerprint density at radius 2 is 1.80 bits per heavy atom. The van der Waals surface area contributed by atoms with Crippen molar-refractivity contribution >= 4 is 46.6 Å². The number of carbonyl (C=O) groups excluding carboxylic acids is 1. The summed E-state index contributed by atoms with van der Waals surface area (Å²) in [6.45, 7) is 3.54. The number of amides is 1. The fourth-order valence-electron chi connectivity index (χ4n) is 4.13. The molecule has 2 aliphatic rings. The van der Waals surface area contributed by atoms with E-state index in [1.807, 2.05) is 0 Å². The largest absolute Gasteiger partial charge is 0.357 e. The topological polar surface area (TPSA) is 65.5 Å². The normalized spacial score (nSPS) is 21.6. The fraction of sp³-hybridized carbons (Fsp3) is 0.500. The van der Waals surface area contributed by atoms with Crippen LogP contribution in [0.25, 0.3) is 10.8 Å². The molecule has 2 fully saturated rings. The molecule has 5 nitrogen and oxygen atoms in total. The van der Waals surface area contributed by atoms with Crippen molar-refractivity contribution in [2.24, 2.45) is 10.9 Å². The van der Waals surface area contributed by atoms with Gasteiger partial charge in [-0.1, -0.05) is 42.8 Å². The van der Waals surface area contributed by atoms with E-state index in [0.717, 1.165) is 51.0 Å². The molecule has 4 rings (SSSR count). The Morgan fingerprint density at radius 1 is 1.00 bits per heavy atom. The number of fused-ring (bicyclic) bond motifs is 1. The molecule has 3 N–H and O–H groups in total. The van der Waals surface area contributed by atoms with Gasteiger partial charge in [0.1, 0.15) is 0 Å². The third kappa shape index (κ3) is 6.33. The van der Waals surface area contributed by atoms with Crippen LogP contribution in [0.5, 0.6) is 0 Å². The number of nitrogens with zero attached hydrogens (tertiary/aromatic N) is 1. The molecule has 2 aromatic rings. The van der Waals surface area contributed by atoms with Crippen LogP contribution < -0.4 is 16.0 Å². The van der Waals surface area contributed by atoms with Gasteiger partial charge in [0, 0.05) is 24.5 Å². The van der Waals surface area contributed by atoms with E-state index >= 15 is 0 Å². The molecule has 6 heteroatoms. The third-order valence-electron chi connectivity index (χ3n) is 5.89. The van der Waals surface area contributed by atoms with E-state index in [-0.39, 0.29) is 35.8 Å². The minimum atomic E-state index is 0.